The molecule has 1 aromatic carbocycles. The van der Waals surface area contributed by atoms with E-state index in [4.69, 9.17) is 5.73 Å². The summed E-state index contributed by atoms with van der Waals surface area (Å²) in [6.07, 6.45) is 1.21. The number of hydrogen-bond donors (Lipinski definition) is 2. The van der Waals surface area contributed by atoms with E-state index in [0.29, 0.717) is 25.9 Å². The number of benzene rings is 1. The lowest BCUT2D eigenvalue weighted by molar-refractivity contribution is -0.137. The number of piperidine rings is 1. The number of anilines is 1. The summed E-state index contributed by atoms with van der Waals surface area (Å²) in [5.41, 5.74) is 5.68. The largest absolute Gasteiger partial charge is 0.398 e. The molecule has 21 heavy (non-hydrogen) atoms. The maximum absolute atomic E-state index is 12.7. The first-order chi connectivity index (χ1) is 9.96. The van der Waals surface area contributed by atoms with Crippen LogP contribution in [0.5, 0.6) is 0 Å². The Morgan fingerprint density at radius 1 is 1.24 bits per heavy atom. The number of imide groups is 3. The molecule has 0 aliphatic carbocycles. The zero-order chi connectivity index (χ0) is 15.2. The van der Waals surface area contributed by atoms with Crippen molar-refractivity contribution in [1.82, 2.24) is 10.2 Å². The van der Waals surface area contributed by atoms with Gasteiger partial charge in [-0.2, -0.15) is 0 Å². The van der Waals surface area contributed by atoms with Crippen molar-refractivity contribution in [2.24, 2.45) is 5.41 Å². The number of rotatable bonds is 1. The Labute approximate surface area is 122 Å². The molecule has 1 aromatic rings. The van der Waals surface area contributed by atoms with Crippen LogP contribution in [-0.2, 0) is 4.79 Å². The highest BCUT2D eigenvalue weighted by Gasteiger charge is 2.47. The average molecular weight is 287 g/mol. The predicted octanol–water partition coefficient (Wildman–Crippen LogP) is 0.781. The maximum atomic E-state index is 12.7. The number of carbonyl (C=O) groups is 3. The van der Waals surface area contributed by atoms with Crippen molar-refractivity contribution in [3.8, 4) is 0 Å². The van der Waals surface area contributed by atoms with Crippen LogP contribution in [0.3, 0.4) is 0 Å². The molecule has 0 spiro atoms. The third-order valence-electron chi connectivity index (χ3n) is 4.37. The number of fused-ring (bicyclic) bond motifs is 1. The van der Waals surface area contributed by atoms with Crippen molar-refractivity contribution < 1.29 is 14.4 Å². The van der Waals surface area contributed by atoms with Gasteiger partial charge in [0.15, 0.2) is 0 Å². The van der Waals surface area contributed by atoms with Gasteiger partial charge in [-0.15, -0.1) is 0 Å². The molecule has 6 heteroatoms. The molecule has 0 atom stereocenters. The van der Waals surface area contributed by atoms with E-state index in [1.807, 2.05) is 6.92 Å². The summed E-state index contributed by atoms with van der Waals surface area (Å²) in [5, 5.41) is 3.17. The lowest BCUT2D eigenvalue weighted by atomic mass is 9.79. The summed E-state index contributed by atoms with van der Waals surface area (Å²) in [5.74, 6) is -1.58. The van der Waals surface area contributed by atoms with E-state index in [-0.39, 0.29) is 16.8 Å². The van der Waals surface area contributed by atoms with Crippen LogP contribution in [0.15, 0.2) is 18.2 Å². The summed E-state index contributed by atoms with van der Waals surface area (Å²) in [6, 6.07) is 4.70. The molecule has 2 heterocycles. The van der Waals surface area contributed by atoms with E-state index in [0.717, 1.165) is 4.90 Å². The lowest BCUT2D eigenvalue weighted by Gasteiger charge is -2.34. The molecule has 6 nitrogen and oxygen atoms in total. The molecule has 2 aliphatic heterocycles. The molecular weight excluding hydrogens is 270 g/mol. The first kappa shape index (κ1) is 13.8. The normalized spacial score (nSPS) is 20.5. The lowest BCUT2D eigenvalue weighted by Crippen LogP contribution is -2.49. The first-order valence-corrected chi connectivity index (χ1v) is 6.98. The molecule has 0 radical (unpaired) electrons. The molecule has 0 saturated carbocycles. The van der Waals surface area contributed by atoms with Crippen molar-refractivity contribution in [2.75, 3.05) is 18.8 Å². The molecule has 3 amide bonds. The third kappa shape index (κ3) is 1.94. The van der Waals surface area contributed by atoms with Crippen LogP contribution >= 0.6 is 0 Å². The van der Waals surface area contributed by atoms with Crippen LogP contribution in [0.25, 0.3) is 0 Å². The summed E-state index contributed by atoms with van der Waals surface area (Å²) >= 11 is 0. The van der Waals surface area contributed by atoms with Crippen molar-refractivity contribution in [2.45, 2.75) is 19.8 Å². The van der Waals surface area contributed by atoms with Gasteiger partial charge in [0.25, 0.3) is 11.8 Å². The zero-order valence-electron chi connectivity index (χ0n) is 11.8. The number of nitrogens with zero attached hydrogens (tertiary/aromatic N) is 1. The third-order valence-corrected chi connectivity index (χ3v) is 4.37. The Bertz CT molecular complexity index is 648. The summed E-state index contributed by atoms with van der Waals surface area (Å²) < 4.78 is 0. The number of nitrogens with one attached hydrogen (secondary N) is 1. The molecule has 1 saturated heterocycles. The number of carbonyl (C=O) groups excluding carboxylic acids is 3. The van der Waals surface area contributed by atoms with Gasteiger partial charge in [0, 0.05) is 11.1 Å². The van der Waals surface area contributed by atoms with Crippen LogP contribution in [0, 0.1) is 5.41 Å². The topological polar surface area (TPSA) is 92.5 Å². The minimum absolute atomic E-state index is 0.147. The van der Waals surface area contributed by atoms with E-state index in [2.05, 4.69) is 5.32 Å². The molecule has 2 aliphatic rings. The van der Waals surface area contributed by atoms with E-state index in [1.165, 1.54) is 6.07 Å². The summed E-state index contributed by atoms with van der Waals surface area (Å²) in [7, 11) is 0. The monoisotopic (exact) mass is 287 g/mol. The summed E-state index contributed by atoms with van der Waals surface area (Å²) in [6.45, 7) is 3.21. The second-order valence-electron chi connectivity index (χ2n) is 5.83. The van der Waals surface area contributed by atoms with Gasteiger partial charge < -0.3 is 11.1 Å². The van der Waals surface area contributed by atoms with Crippen molar-refractivity contribution >= 4 is 23.4 Å². The minimum Gasteiger partial charge on any atom is -0.398 e. The van der Waals surface area contributed by atoms with Gasteiger partial charge in [-0.3, -0.25) is 14.4 Å². The van der Waals surface area contributed by atoms with Gasteiger partial charge in [0.05, 0.1) is 11.1 Å². The van der Waals surface area contributed by atoms with Crippen molar-refractivity contribution in [1.29, 1.82) is 0 Å². The van der Waals surface area contributed by atoms with E-state index >= 15 is 0 Å². The quantitative estimate of drug-likeness (QED) is 0.588. The SMILES string of the molecule is CC1(C(=O)N2C(=O)c3cccc(N)c3C2=O)CCNCC1. The Morgan fingerprint density at radius 3 is 2.52 bits per heavy atom. The van der Waals surface area contributed by atoms with Gasteiger partial charge >= 0.3 is 0 Å². The second kappa shape index (κ2) is 4.66. The van der Waals surface area contributed by atoms with Crippen LogP contribution < -0.4 is 11.1 Å². The van der Waals surface area contributed by atoms with E-state index in [9.17, 15) is 14.4 Å². The van der Waals surface area contributed by atoms with Gasteiger partial charge in [-0.1, -0.05) is 13.0 Å². The molecule has 1 fully saturated rings. The zero-order valence-corrected chi connectivity index (χ0v) is 11.8. The van der Waals surface area contributed by atoms with E-state index in [1.54, 1.807) is 12.1 Å². The number of nitrogen functional groups attached to an aromatic ring is 1. The number of nitrogens with two attached hydrogens (primary N) is 1. The van der Waals surface area contributed by atoms with Crippen LogP contribution in [-0.4, -0.2) is 35.7 Å². The molecule has 0 aromatic heterocycles. The molecule has 0 unspecified atom stereocenters. The molecule has 3 N–H and O–H groups in total. The fourth-order valence-corrected chi connectivity index (χ4v) is 2.96. The van der Waals surface area contributed by atoms with E-state index < -0.39 is 23.1 Å². The highest BCUT2D eigenvalue weighted by atomic mass is 16.2. The Balaban J connectivity index is 1.98. The first-order valence-electron chi connectivity index (χ1n) is 6.98. The smallest absolute Gasteiger partial charge is 0.270 e. The average Bonchev–Trinajstić information content (AvgIpc) is 2.72. The van der Waals surface area contributed by atoms with Gasteiger partial charge in [-0.25, -0.2) is 4.90 Å². The summed E-state index contributed by atoms with van der Waals surface area (Å²) in [4.78, 5) is 38.4. The Kier molecular flexibility index (Phi) is 3.06. The van der Waals surface area contributed by atoms with Crippen LogP contribution in [0.2, 0.25) is 0 Å². The maximum Gasteiger partial charge on any atom is 0.270 e. The highest BCUT2D eigenvalue weighted by Crippen LogP contribution is 2.35. The Morgan fingerprint density at radius 2 is 1.90 bits per heavy atom. The standard InChI is InChI=1S/C15H17N3O3/c1-15(5-7-17-8-6-15)14(21)18-12(19)9-3-2-4-10(16)11(9)13(18)20/h2-4,17H,5-8,16H2,1H3. The van der Waals surface area contributed by atoms with Crippen molar-refractivity contribution in [3.05, 3.63) is 29.3 Å². The molecule has 3 rings (SSSR count). The minimum atomic E-state index is -0.687. The van der Waals surface area contributed by atoms with Gasteiger partial charge in [0.2, 0.25) is 5.91 Å². The van der Waals surface area contributed by atoms with Crippen molar-refractivity contribution in [3.63, 3.8) is 0 Å². The Hall–Kier alpha value is -2.21. The molecule has 110 valence electrons. The fraction of sp³-hybridized carbons (Fsp3) is 0.400. The second-order valence-corrected chi connectivity index (χ2v) is 5.83. The van der Waals surface area contributed by atoms with Crippen LogP contribution in [0.4, 0.5) is 5.69 Å². The fourth-order valence-electron chi connectivity index (χ4n) is 2.96. The molecular formula is C15H17N3O3. The predicted molar refractivity (Wildman–Crippen MR) is 76.6 cm³/mol. The number of hydrogen-bond acceptors (Lipinski definition) is 5. The van der Waals surface area contributed by atoms with Gasteiger partial charge in [-0.05, 0) is 38.1 Å². The van der Waals surface area contributed by atoms with Gasteiger partial charge in [0.1, 0.15) is 0 Å². The number of amides is 3. The molecule has 0 bridgehead atoms. The highest BCUT2D eigenvalue weighted by molar-refractivity contribution is 6.31. The van der Waals surface area contributed by atoms with Crippen LogP contribution in [0.1, 0.15) is 40.5 Å².